The van der Waals surface area contributed by atoms with Gasteiger partial charge in [0.15, 0.2) is 5.92 Å². The molecule has 0 aliphatic rings. The Hall–Kier alpha value is -1.70. The molecule has 2 nitrogen and oxygen atoms in total. The molecule has 0 spiro atoms. The normalized spacial score (nSPS) is 14.9. The molecular formula is C13H11F6NO. The summed E-state index contributed by atoms with van der Waals surface area (Å²) in [6.07, 6.45) is -11.0. The topological polar surface area (TPSA) is 39.2 Å². The Labute approximate surface area is 115 Å². The minimum atomic E-state index is -5.51. The first kappa shape index (κ1) is 15.7. The zero-order chi connectivity index (χ0) is 16.0. The van der Waals surface area contributed by atoms with E-state index >= 15 is 0 Å². The molecule has 0 bridgehead atoms. The van der Waals surface area contributed by atoms with Gasteiger partial charge in [0.2, 0.25) is 0 Å². The summed E-state index contributed by atoms with van der Waals surface area (Å²) in [7, 11) is 0. The highest BCUT2D eigenvalue weighted by atomic mass is 19.4. The molecule has 1 unspecified atom stereocenters. The average molecular weight is 311 g/mol. The monoisotopic (exact) mass is 311 g/mol. The number of hydrogen-bond acceptors (Lipinski definition) is 2. The van der Waals surface area contributed by atoms with Crippen molar-refractivity contribution in [3.8, 4) is 0 Å². The maximum absolute atomic E-state index is 12.6. The lowest BCUT2D eigenvalue weighted by atomic mass is 9.97. The molecule has 1 atom stereocenters. The number of rotatable bonds is 2. The third-order valence-electron chi connectivity index (χ3n) is 3.08. The van der Waals surface area contributed by atoms with Gasteiger partial charge in [-0.3, -0.25) is 0 Å². The van der Waals surface area contributed by atoms with Crippen molar-refractivity contribution in [2.24, 2.45) is 11.7 Å². The van der Waals surface area contributed by atoms with Crippen LogP contribution in [0.3, 0.4) is 0 Å². The maximum Gasteiger partial charge on any atom is 0.402 e. The van der Waals surface area contributed by atoms with Crippen molar-refractivity contribution >= 4 is 11.0 Å². The molecule has 0 aliphatic heterocycles. The fourth-order valence-electron chi connectivity index (χ4n) is 2.10. The molecule has 0 fully saturated rings. The second-order valence-corrected chi connectivity index (χ2v) is 4.78. The van der Waals surface area contributed by atoms with E-state index in [4.69, 9.17) is 10.2 Å². The minimum Gasteiger partial charge on any atom is -0.459 e. The van der Waals surface area contributed by atoms with E-state index in [0.717, 1.165) is 11.6 Å². The summed E-state index contributed by atoms with van der Waals surface area (Å²) >= 11 is 0. The lowest BCUT2D eigenvalue weighted by Gasteiger charge is -2.26. The molecule has 116 valence electrons. The van der Waals surface area contributed by atoms with Crippen LogP contribution in [0.2, 0.25) is 0 Å². The van der Waals surface area contributed by atoms with Gasteiger partial charge in [0.25, 0.3) is 0 Å². The van der Waals surface area contributed by atoms with Crippen molar-refractivity contribution in [3.63, 3.8) is 0 Å². The first-order valence-electron chi connectivity index (χ1n) is 5.89. The molecule has 1 aromatic heterocycles. The van der Waals surface area contributed by atoms with E-state index in [0.29, 0.717) is 5.39 Å². The predicted molar refractivity (Wildman–Crippen MR) is 63.5 cm³/mol. The molecule has 0 saturated carbocycles. The van der Waals surface area contributed by atoms with Crippen molar-refractivity contribution in [1.82, 2.24) is 0 Å². The molecule has 2 N–H and O–H groups in total. The number of nitrogens with two attached hydrogens (primary N) is 1. The molecule has 2 rings (SSSR count). The second-order valence-electron chi connectivity index (χ2n) is 4.78. The van der Waals surface area contributed by atoms with Crippen LogP contribution in [0, 0.1) is 12.8 Å². The molecule has 0 saturated heterocycles. The van der Waals surface area contributed by atoms with Crippen LogP contribution >= 0.6 is 0 Å². The molecule has 21 heavy (non-hydrogen) atoms. The van der Waals surface area contributed by atoms with E-state index < -0.39 is 30.1 Å². The van der Waals surface area contributed by atoms with E-state index in [9.17, 15) is 26.3 Å². The summed E-state index contributed by atoms with van der Waals surface area (Å²) in [6, 6.07) is 3.45. The van der Waals surface area contributed by atoms with E-state index in [2.05, 4.69) is 0 Å². The third-order valence-corrected chi connectivity index (χ3v) is 3.08. The van der Waals surface area contributed by atoms with Gasteiger partial charge in [-0.25, -0.2) is 0 Å². The van der Waals surface area contributed by atoms with Gasteiger partial charge in [-0.15, -0.1) is 0 Å². The van der Waals surface area contributed by atoms with E-state index in [1.165, 1.54) is 6.07 Å². The first-order chi connectivity index (χ1) is 9.50. The molecule has 0 aliphatic carbocycles. The molecule has 1 heterocycles. The molecule has 0 radical (unpaired) electrons. The Balaban J connectivity index is 2.46. The van der Waals surface area contributed by atoms with Crippen molar-refractivity contribution in [3.05, 3.63) is 35.6 Å². The zero-order valence-corrected chi connectivity index (χ0v) is 10.7. The van der Waals surface area contributed by atoms with Crippen LogP contribution in [-0.4, -0.2) is 12.4 Å². The predicted octanol–water partition coefficient (Wildman–Crippen LogP) is 4.48. The van der Waals surface area contributed by atoms with Crippen molar-refractivity contribution in [2.45, 2.75) is 25.3 Å². The van der Waals surface area contributed by atoms with Crippen LogP contribution < -0.4 is 5.73 Å². The quantitative estimate of drug-likeness (QED) is 0.830. The van der Waals surface area contributed by atoms with Gasteiger partial charge in [-0.05, 0) is 25.1 Å². The Kier molecular flexibility index (Phi) is 3.69. The first-order valence-corrected chi connectivity index (χ1v) is 5.89. The number of aryl methyl sites for hydroxylation is 1. The van der Waals surface area contributed by atoms with E-state index in [-0.39, 0.29) is 5.58 Å². The smallest absolute Gasteiger partial charge is 0.402 e. The molecule has 0 amide bonds. The second kappa shape index (κ2) is 4.94. The number of halogens is 6. The largest absolute Gasteiger partial charge is 0.459 e. The number of hydrogen-bond donors (Lipinski definition) is 1. The number of furan rings is 1. The van der Waals surface area contributed by atoms with E-state index in [1.807, 2.05) is 0 Å². The average Bonchev–Trinajstić information content (AvgIpc) is 2.67. The number of benzene rings is 1. The number of fused-ring (bicyclic) bond motifs is 1. The molecule has 1 aromatic carbocycles. The van der Waals surface area contributed by atoms with Crippen LogP contribution in [0.15, 0.2) is 28.7 Å². The number of alkyl halides is 6. The zero-order valence-electron chi connectivity index (χ0n) is 10.7. The minimum absolute atomic E-state index is 0.189. The summed E-state index contributed by atoms with van der Waals surface area (Å²) < 4.78 is 80.8. The Morgan fingerprint density at radius 2 is 1.57 bits per heavy atom. The molecule has 2 aromatic rings. The summed E-state index contributed by atoms with van der Waals surface area (Å²) in [5, 5.41) is 0.406. The van der Waals surface area contributed by atoms with Crippen molar-refractivity contribution in [2.75, 3.05) is 0 Å². The summed E-state index contributed by atoms with van der Waals surface area (Å²) in [5.41, 5.74) is 6.17. The molecule has 8 heteroatoms. The fraction of sp³-hybridized carbons (Fsp3) is 0.385. The SMILES string of the molecule is Cc1ccc2oc(C(N)C(C(F)(F)F)C(F)(F)F)cc2c1. The fourth-order valence-corrected chi connectivity index (χ4v) is 2.10. The summed E-state index contributed by atoms with van der Waals surface area (Å²) in [6.45, 7) is 1.74. The van der Waals surface area contributed by atoms with Gasteiger partial charge < -0.3 is 10.2 Å². The van der Waals surface area contributed by atoms with Crippen LogP contribution in [0.25, 0.3) is 11.0 Å². The van der Waals surface area contributed by atoms with Gasteiger partial charge >= 0.3 is 12.4 Å². The van der Waals surface area contributed by atoms with Gasteiger partial charge in [0.1, 0.15) is 11.3 Å². The van der Waals surface area contributed by atoms with Gasteiger partial charge in [-0.1, -0.05) is 11.6 Å². The Bertz CT molecular complexity index is 628. The van der Waals surface area contributed by atoms with Crippen molar-refractivity contribution in [1.29, 1.82) is 0 Å². The van der Waals surface area contributed by atoms with Crippen LogP contribution in [0.5, 0.6) is 0 Å². The Morgan fingerprint density at radius 3 is 2.10 bits per heavy atom. The highest BCUT2D eigenvalue weighted by molar-refractivity contribution is 5.78. The lowest BCUT2D eigenvalue weighted by molar-refractivity contribution is -0.291. The van der Waals surface area contributed by atoms with Gasteiger partial charge in [-0.2, -0.15) is 26.3 Å². The van der Waals surface area contributed by atoms with Crippen LogP contribution in [0.4, 0.5) is 26.3 Å². The van der Waals surface area contributed by atoms with Gasteiger partial charge in [0.05, 0.1) is 6.04 Å². The van der Waals surface area contributed by atoms with E-state index in [1.54, 1.807) is 19.1 Å². The lowest BCUT2D eigenvalue weighted by Crippen LogP contribution is -2.43. The van der Waals surface area contributed by atoms with Gasteiger partial charge in [0, 0.05) is 5.39 Å². The standard InChI is InChI=1S/C13H11F6NO/c1-6-2-3-8-7(4-6)5-9(21-8)10(20)11(12(14,15)16)13(17,18)19/h2-5,10-11H,20H2,1H3. The highest BCUT2D eigenvalue weighted by Crippen LogP contribution is 2.46. The van der Waals surface area contributed by atoms with Crippen molar-refractivity contribution < 1.29 is 30.8 Å². The highest BCUT2D eigenvalue weighted by Gasteiger charge is 2.60. The summed E-state index contributed by atoms with van der Waals surface area (Å²) in [5.74, 6) is -4.22. The summed E-state index contributed by atoms with van der Waals surface area (Å²) in [4.78, 5) is 0. The maximum atomic E-state index is 12.6. The molecular weight excluding hydrogens is 300 g/mol. The Morgan fingerprint density at radius 1 is 1.00 bits per heavy atom. The third kappa shape index (κ3) is 3.15. The van der Waals surface area contributed by atoms with Crippen LogP contribution in [-0.2, 0) is 0 Å². The van der Waals surface area contributed by atoms with Crippen LogP contribution in [0.1, 0.15) is 17.4 Å².